The number of carbonyl (C=O) groups is 2. The lowest BCUT2D eigenvalue weighted by atomic mass is 9.98. The van der Waals surface area contributed by atoms with Gasteiger partial charge in [-0.2, -0.15) is 0 Å². The van der Waals surface area contributed by atoms with Crippen molar-refractivity contribution < 1.29 is 14.3 Å². The van der Waals surface area contributed by atoms with Crippen molar-refractivity contribution in [2.75, 3.05) is 26.8 Å². The van der Waals surface area contributed by atoms with E-state index in [0.29, 0.717) is 13.2 Å². The van der Waals surface area contributed by atoms with Crippen LogP contribution in [0.25, 0.3) is 0 Å². The summed E-state index contributed by atoms with van der Waals surface area (Å²) >= 11 is 0. The van der Waals surface area contributed by atoms with Gasteiger partial charge < -0.3 is 15.0 Å². The van der Waals surface area contributed by atoms with E-state index in [4.69, 9.17) is 4.74 Å². The van der Waals surface area contributed by atoms with E-state index in [0.717, 1.165) is 16.8 Å². The smallest absolute Gasteiger partial charge is 0.274 e. The van der Waals surface area contributed by atoms with Crippen LogP contribution in [0.5, 0.6) is 0 Å². The molecule has 0 fully saturated rings. The van der Waals surface area contributed by atoms with Gasteiger partial charge in [-0.25, -0.2) is 4.98 Å². The normalized spacial score (nSPS) is 10.7. The fraction of sp³-hybridized carbons (Fsp3) is 0.280. The number of nitrogens with one attached hydrogen (secondary N) is 1. The van der Waals surface area contributed by atoms with Gasteiger partial charge in [0, 0.05) is 32.8 Å². The molecule has 32 heavy (non-hydrogen) atoms. The Morgan fingerprint density at radius 1 is 0.938 bits per heavy atom. The number of carbonyl (C=O) groups excluding carboxylic acids is 2. The third-order valence-electron chi connectivity index (χ3n) is 5.03. The van der Waals surface area contributed by atoms with E-state index >= 15 is 0 Å². The van der Waals surface area contributed by atoms with Crippen LogP contribution in [0.4, 0.5) is 0 Å². The molecule has 0 spiro atoms. The Balaban J connectivity index is 1.69. The number of benzene rings is 2. The highest BCUT2D eigenvalue weighted by Crippen LogP contribution is 2.21. The summed E-state index contributed by atoms with van der Waals surface area (Å²) in [4.78, 5) is 35.6. The topological polar surface area (TPSA) is 84.4 Å². The third-order valence-corrected chi connectivity index (χ3v) is 5.03. The van der Waals surface area contributed by atoms with Gasteiger partial charge in [0.15, 0.2) is 0 Å². The molecule has 7 heteroatoms. The van der Waals surface area contributed by atoms with E-state index in [9.17, 15) is 9.59 Å². The molecule has 2 amide bonds. The van der Waals surface area contributed by atoms with Gasteiger partial charge in [-0.3, -0.25) is 14.6 Å². The number of methoxy groups -OCH3 is 1. The molecule has 7 nitrogen and oxygen atoms in total. The molecule has 0 radical (unpaired) electrons. The highest BCUT2D eigenvalue weighted by molar-refractivity contribution is 5.92. The number of aryl methyl sites for hydroxylation is 1. The van der Waals surface area contributed by atoms with Crippen molar-refractivity contribution in [1.29, 1.82) is 0 Å². The Morgan fingerprint density at radius 3 is 2.09 bits per heavy atom. The Kier molecular flexibility index (Phi) is 8.45. The predicted molar refractivity (Wildman–Crippen MR) is 122 cm³/mol. The van der Waals surface area contributed by atoms with Crippen LogP contribution < -0.4 is 5.32 Å². The second-order valence-corrected chi connectivity index (χ2v) is 7.40. The number of nitrogens with zero attached hydrogens (tertiary/aromatic N) is 3. The van der Waals surface area contributed by atoms with Gasteiger partial charge in [0.25, 0.3) is 5.91 Å². The van der Waals surface area contributed by atoms with Crippen LogP contribution in [-0.2, 0) is 9.53 Å². The lowest BCUT2D eigenvalue weighted by molar-refractivity contribution is -0.121. The minimum Gasteiger partial charge on any atom is -0.383 e. The van der Waals surface area contributed by atoms with Gasteiger partial charge in [-0.05, 0) is 18.1 Å². The monoisotopic (exact) mass is 432 g/mol. The molecular formula is C25H28N4O3. The number of ether oxygens (including phenoxy) is 1. The first-order chi connectivity index (χ1) is 15.6. The average Bonchev–Trinajstić information content (AvgIpc) is 2.84. The maximum absolute atomic E-state index is 12.9. The average molecular weight is 433 g/mol. The molecule has 0 atom stereocenters. The first-order valence-corrected chi connectivity index (χ1v) is 10.5. The number of rotatable bonds is 10. The van der Waals surface area contributed by atoms with Gasteiger partial charge in [-0.15, -0.1) is 0 Å². The summed E-state index contributed by atoms with van der Waals surface area (Å²) in [6, 6.07) is 19.4. The van der Waals surface area contributed by atoms with Crippen molar-refractivity contribution >= 4 is 11.8 Å². The van der Waals surface area contributed by atoms with E-state index in [1.165, 1.54) is 6.20 Å². The van der Waals surface area contributed by atoms with Gasteiger partial charge in [0.05, 0.1) is 24.5 Å². The highest BCUT2D eigenvalue weighted by Gasteiger charge is 2.20. The summed E-state index contributed by atoms with van der Waals surface area (Å²) < 4.78 is 5.13. The van der Waals surface area contributed by atoms with Gasteiger partial charge in [0.2, 0.25) is 5.91 Å². The Bertz CT molecular complexity index is 955. The lowest BCUT2D eigenvalue weighted by Crippen LogP contribution is -2.38. The number of aromatic nitrogens is 2. The standard InChI is InChI=1S/C25H28N4O3/c1-19-17-27-22(18-26-19)25(31)29(15-16-32-2)14-13-23(30)28-24(20-9-5-3-6-10-20)21-11-7-4-8-12-21/h3-12,17-18,24H,13-16H2,1-2H3,(H,28,30). The van der Waals surface area contributed by atoms with Gasteiger partial charge in [0.1, 0.15) is 5.69 Å². The van der Waals surface area contributed by atoms with Crippen LogP contribution in [-0.4, -0.2) is 53.5 Å². The molecule has 3 aromatic rings. The molecule has 0 aliphatic rings. The summed E-state index contributed by atoms with van der Waals surface area (Å²) in [6.45, 7) is 2.78. The second-order valence-electron chi connectivity index (χ2n) is 7.40. The summed E-state index contributed by atoms with van der Waals surface area (Å²) in [6.07, 6.45) is 3.17. The quantitative estimate of drug-likeness (QED) is 0.532. The molecule has 0 aliphatic carbocycles. The van der Waals surface area contributed by atoms with Crippen molar-refractivity contribution in [1.82, 2.24) is 20.2 Å². The number of amides is 2. The maximum atomic E-state index is 12.9. The minimum atomic E-state index is -0.273. The van der Waals surface area contributed by atoms with Crippen molar-refractivity contribution in [2.45, 2.75) is 19.4 Å². The van der Waals surface area contributed by atoms with E-state index in [-0.39, 0.29) is 36.5 Å². The van der Waals surface area contributed by atoms with Gasteiger partial charge in [-0.1, -0.05) is 60.7 Å². The lowest BCUT2D eigenvalue weighted by Gasteiger charge is -2.23. The SMILES string of the molecule is COCCN(CCC(=O)NC(c1ccccc1)c1ccccc1)C(=O)c1cnc(C)cn1. The largest absolute Gasteiger partial charge is 0.383 e. The summed E-state index contributed by atoms with van der Waals surface area (Å²) in [5.41, 5.74) is 2.97. The van der Waals surface area contributed by atoms with E-state index in [1.807, 2.05) is 67.6 Å². The molecule has 2 aromatic carbocycles. The molecule has 0 unspecified atom stereocenters. The Hall–Kier alpha value is -3.58. The zero-order chi connectivity index (χ0) is 22.8. The van der Waals surface area contributed by atoms with Crippen LogP contribution in [0.15, 0.2) is 73.1 Å². The molecule has 166 valence electrons. The maximum Gasteiger partial charge on any atom is 0.274 e. The first kappa shape index (κ1) is 23.1. The fourth-order valence-electron chi connectivity index (χ4n) is 3.30. The first-order valence-electron chi connectivity index (χ1n) is 10.5. The molecule has 3 rings (SSSR count). The van der Waals surface area contributed by atoms with Crippen LogP contribution in [0.3, 0.4) is 0 Å². The molecule has 1 heterocycles. The summed E-state index contributed by atoms with van der Waals surface area (Å²) in [5, 5.41) is 3.11. The van der Waals surface area contributed by atoms with E-state index < -0.39 is 0 Å². The van der Waals surface area contributed by atoms with Crippen molar-refractivity contribution in [2.24, 2.45) is 0 Å². The molecule has 0 saturated heterocycles. The van der Waals surface area contributed by atoms with Crippen molar-refractivity contribution in [3.05, 3.63) is 95.6 Å². The molecule has 1 N–H and O–H groups in total. The zero-order valence-corrected chi connectivity index (χ0v) is 18.4. The second kappa shape index (κ2) is 11.7. The number of hydrogen-bond acceptors (Lipinski definition) is 5. The Labute approximate surface area is 188 Å². The molecule has 0 aliphatic heterocycles. The van der Waals surface area contributed by atoms with Crippen LogP contribution in [0.1, 0.15) is 39.8 Å². The van der Waals surface area contributed by atoms with Crippen LogP contribution in [0.2, 0.25) is 0 Å². The molecule has 0 bridgehead atoms. The van der Waals surface area contributed by atoms with Crippen LogP contribution >= 0.6 is 0 Å². The molecule has 0 saturated carbocycles. The fourth-order valence-corrected chi connectivity index (χ4v) is 3.30. The van der Waals surface area contributed by atoms with Crippen molar-refractivity contribution in [3.8, 4) is 0 Å². The minimum absolute atomic E-state index is 0.145. The number of hydrogen-bond donors (Lipinski definition) is 1. The predicted octanol–water partition coefficient (Wildman–Crippen LogP) is 3.17. The summed E-state index contributed by atoms with van der Waals surface area (Å²) in [5.74, 6) is -0.419. The highest BCUT2D eigenvalue weighted by atomic mass is 16.5. The van der Waals surface area contributed by atoms with E-state index in [2.05, 4.69) is 15.3 Å². The van der Waals surface area contributed by atoms with Crippen LogP contribution in [0, 0.1) is 6.92 Å². The van der Waals surface area contributed by atoms with E-state index in [1.54, 1.807) is 18.2 Å². The Morgan fingerprint density at radius 2 is 1.56 bits per heavy atom. The molecule has 1 aromatic heterocycles. The van der Waals surface area contributed by atoms with Gasteiger partial charge >= 0.3 is 0 Å². The zero-order valence-electron chi connectivity index (χ0n) is 18.4. The summed E-state index contributed by atoms with van der Waals surface area (Å²) in [7, 11) is 1.57. The van der Waals surface area contributed by atoms with Crippen molar-refractivity contribution in [3.63, 3.8) is 0 Å². The third kappa shape index (κ3) is 6.46. The molecular weight excluding hydrogens is 404 g/mol.